The fraction of sp³-hybridized carbons (Fsp3) is 0.368. The summed E-state index contributed by atoms with van der Waals surface area (Å²) >= 11 is 1.80. The first kappa shape index (κ1) is 17.6. The first-order valence-electron chi connectivity index (χ1n) is 8.41. The molecule has 1 atom stereocenters. The molecule has 5 nitrogen and oxygen atoms in total. The smallest absolute Gasteiger partial charge is 0.339 e. The number of benzene rings is 1. The van der Waals surface area contributed by atoms with Crippen molar-refractivity contribution in [3.05, 3.63) is 53.5 Å². The number of rotatable bonds is 6. The van der Waals surface area contributed by atoms with Gasteiger partial charge in [-0.3, -0.25) is 4.79 Å². The molecule has 132 valence electrons. The van der Waals surface area contributed by atoms with Gasteiger partial charge >= 0.3 is 5.97 Å². The first-order valence-corrected chi connectivity index (χ1v) is 9.40. The van der Waals surface area contributed by atoms with Crippen LogP contribution in [0, 0.1) is 5.92 Å². The molecule has 0 radical (unpaired) electrons. The number of carboxylic acids is 1. The van der Waals surface area contributed by atoms with Gasteiger partial charge in [-0.25, -0.2) is 4.79 Å². The highest BCUT2D eigenvalue weighted by atomic mass is 32.2. The van der Waals surface area contributed by atoms with E-state index in [2.05, 4.69) is 12.1 Å². The highest BCUT2D eigenvalue weighted by Crippen LogP contribution is 2.27. The highest BCUT2D eigenvalue weighted by Gasteiger charge is 2.30. The van der Waals surface area contributed by atoms with Crippen molar-refractivity contribution < 1.29 is 19.1 Å². The minimum atomic E-state index is -1.06. The number of carboxylic acid groups (broad SMARTS) is 1. The van der Waals surface area contributed by atoms with Crippen LogP contribution in [0.4, 0.5) is 0 Å². The second-order valence-corrected chi connectivity index (χ2v) is 7.23. The topological polar surface area (TPSA) is 70.8 Å². The molecule has 25 heavy (non-hydrogen) atoms. The summed E-state index contributed by atoms with van der Waals surface area (Å²) in [5, 5.41) is 9.19. The Kier molecular flexibility index (Phi) is 5.48. The van der Waals surface area contributed by atoms with E-state index in [0.717, 1.165) is 12.2 Å². The van der Waals surface area contributed by atoms with Crippen LogP contribution in [0.2, 0.25) is 0 Å². The third kappa shape index (κ3) is 4.07. The third-order valence-corrected chi connectivity index (χ3v) is 5.62. The summed E-state index contributed by atoms with van der Waals surface area (Å²) in [6.07, 6.45) is 1.41. The van der Waals surface area contributed by atoms with Crippen molar-refractivity contribution in [1.82, 2.24) is 4.90 Å². The van der Waals surface area contributed by atoms with Gasteiger partial charge in [0.15, 0.2) is 5.76 Å². The average molecular weight is 359 g/mol. The van der Waals surface area contributed by atoms with E-state index in [-0.39, 0.29) is 17.2 Å². The van der Waals surface area contributed by atoms with Crippen molar-refractivity contribution in [3.63, 3.8) is 0 Å². The molecule has 1 saturated heterocycles. The second kappa shape index (κ2) is 7.78. The monoisotopic (exact) mass is 359 g/mol. The van der Waals surface area contributed by atoms with Crippen LogP contribution in [0.5, 0.6) is 0 Å². The second-order valence-electron chi connectivity index (χ2n) is 6.14. The molecule has 0 bridgehead atoms. The van der Waals surface area contributed by atoms with Gasteiger partial charge in [-0.15, -0.1) is 11.8 Å². The van der Waals surface area contributed by atoms with Gasteiger partial charge in [0.2, 0.25) is 0 Å². The Morgan fingerprint density at radius 3 is 2.72 bits per heavy atom. The molecule has 1 unspecified atom stereocenters. The number of thioether (sulfide) groups is 1. The maximum atomic E-state index is 12.6. The minimum absolute atomic E-state index is 0.0845. The summed E-state index contributed by atoms with van der Waals surface area (Å²) in [4.78, 5) is 26.8. The summed E-state index contributed by atoms with van der Waals surface area (Å²) in [6, 6.07) is 11.6. The van der Waals surface area contributed by atoms with Crippen LogP contribution < -0.4 is 0 Å². The van der Waals surface area contributed by atoms with Crippen LogP contribution in [-0.4, -0.2) is 40.7 Å². The number of hydrogen-bond donors (Lipinski definition) is 1. The molecule has 1 aliphatic heterocycles. The number of nitrogens with zero attached hydrogens (tertiary/aromatic N) is 1. The van der Waals surface area contributed by atoms with Crippen LogP contribution in [0.1, 0.15) is 40.0 Å². The van der Waals surface area contributed by atoms with Gasteiger partial charge in [-0.1, -0.05) is 25.1 Å². The standard InChI is InChI=1S/C19H21NO4S/c1-2-16-15(19(22)23)10-17(24-16)18(21)20-9-8-13(11-20)12-25-14-6-4-3-5-7-14/h3-7,10,13H,2,8-9,11-12H2,1H3,(H,22,23). The Labute approximate surface area is 151 Å². The van der Waals surface area contributed by atoms with E-state index >= 15 is 0 Å². The van der Waals surface area contributed by atoms with Crippen molar-refractivity contribution in [1.29, 1.82) is 0 Å². The summed E-state index contributed by atoms with van der Waals surface area (Å²) in [5.41, 5.74) is 0.0845. The molecule has 0 aliphatic carbocycles. The van der Waals surface area contributed by atoms with Crippen molar-refractivity contribution >= 4 is 23.6 Å². The van der Waals surface area contributed by atoms with Crippen LogP contribution in [0.3, 0.4) is 0 Å². The van der Waals surface area contributed by atoms with E-state index in [4.69, 9.17) is 4.42 Å². The number of amides is 1. The van der Waals surface area contributed by atoms with Gasteiger partial charge in [-0.2, -0.15) is 0 Å². The number of aryl methyl sites for hydroxylation is 1. The van der Waals surface area contributed by atoms with E-state index in [1.165, 1.54) is 11.0 Å². The van der Waals surface area contributed by atoms with Gasteiger partial charge in [0.25, 0.3) is 5.91 Å². The Balaban J connectivity index is 1.60. The normalized spacial score (nSPS) is 17.0. The molecule has 1 aromatic carbocycles. The summed E-state index contributed by atoms with van der Waals surface area (Å²) in [5.74, 6) is 0.616. The largest absolute Gasteiger partial charge is 0.478 e. The number of carbonyl (C=O) groups excluding carboxylic acids is 1. The fourth-order valence-corrected chi connectivity index (χ4v) is 4.07. The Morgan fingerprint density at radius 2 is 2.08 bits per heavy atom. The molecular formula is C19H21NO4S. The fourth-order valence-electron chi connectivity index (χ4n) is 3.02. The number of carbonyl (C=O) groups is 2. The summed E-state index contributed by atoms with van der Waals surface area (Å²) < 4.78 is 5.49. The molecule has 1 aromatic heterocycles. The lowest BCUT2D eigenvalue weighted by atomic mass is 10.2. The summed E-state index contributed by atoms with van der Waals surface area (Å²) in [6.45, 7) is 3.18. The van der Waals surface area contributed by atoms with Crippen LogP contribution in [0.25, 0.3) is 0 Å². The number of aromatic carboxylic acids is 1. The third-order valence-electron chi connectivity index (χ3n) is 4.37. The molecule has 0 spiro atoms. The lowest BCUT2D eigenvalue weighted by Crippen LogP contribution is -2.28. The Morgan fingerprint density at radius 1 is 1.32 bits per heavy atom. The molecule has 2 aromatic rings. The Bertz CT molecular complexity index is 756. The van der Waals surface area contributed by atoms with E-state index in [9.17, 15) is 14.7 Å². The molecule has 1 amide bonds. The van der Waals surface area contributed by atoms with E-state index in [1.54, 1.807) is 16.7 Å². The van der Waals surface area contributed by atoms with Gasteiger partial charge in [0, 0.05) is 36.2 Å². The quantitative estimate of drug-likeness (QED) is 0.795. The predicted molar refractivity (Wildman–Crippen MR) is 96.2 cm³/mol. The molecular weight excluding hydrogens is 338 g/mol. The summed E-state index contributed by atoms with van der Waals surface area (Å²) in [7, 11) is 0. The molecule has 0 saturated carbocycles. The molecule has 6 heteroatoms. The van der Waals surface area contributed by atoms with E-state index in [1.807, 2.05) is 25.1 Å². The number of furan rings is 1. The maximum absolute atomic E-state index is 12.6. The molecule has 1 N–H and O–H groups in total. The van der Waals surface area contributed by atoms with Crippen LogP contribution in [-0.2, 0) is 6.42 Å². The Hall–Kier alpha value is -2.21. The molecule has 3 rings (SSSR count). The highest BCUT2D eigenvalue weighted by molar-refractivity contribution is 7.99. The van der Waals surface area contributed by atoms with Crippen molar-refractivity contribution in [2.75, 3.05) is 18.8 Å². The van der Waals surface area contributed by atoms with Crippen LogP contribution >= 0.6 is 11.8 Å². The number of hydrogen-bond acceptors (Lipinski definition) is 4. The van der Waals surface area contributed by atoms with Crippen molar-refractivity contribution in [3.8, 4) is 0 Å². The molecule has 1 fully saturated rings. The lowest BCUT2D eigenvalue weighted by molar-refractivity contribution is 0.0693. The van der Waals surface area contributed by atoms with Crippen molar-refractivity contribution in [2.45, 2.75) is 24.7 Å². The van der Waals surface area contributed by atoms with Gasteiger partial charge < -0.3 is 14.4 Å². The molecule has 2 heterocycles. The van der Waals surface area contributed by atoms with Crippen LogP contribution in [0.15, 0.2) is 45.7 Å². The zero-order chi connectivity index (χ0) is 17.8. The van der Waals surface area contributed by atoms with Gasteiger partial charge in [0.1, 0.15) is 11.3 Å². The SMILES string of the molecule is CCc1oc(C(=O)N2CCC(CSc3ccccc3)C2)cc1C(=O)O. The predicted octanol–water partition coefficient (Wildman–Crippen LogP) is 3.79. The van der Waals surface area contributed by atoms with E-state index in [0.29, 0.717) is 31.2 Å². The number of likely N-dealkylation sites (tertiary alicyclic amines) is 1. The maximum Gasteiger partial charge on any atom is 0.339 e. The molecule has 1 aliphatic rings. The first-order chi connectivity index (χ1) is 12.1. The lowest BCUT2D eigenvalue weighted by Gasteiger charge is -2.15. The van der Waals surface area contributed by atoms with E-state index < -0.39 is 5.97 Å². The zero-order valence-corrected chi connectivity index (χ0v) is 14.9. The average Bonchev–Trinajstić information content (AvgIpc) is 3.27. The van der Waals surface area contributed by atoms with Gasteiger partial charge in [-0.05, 0) is 24.5 Å². The zero-order valence-electron chi connectivity index (χ0n) is 14.1. The van der Waals surface area contributed by atoms with Gasteiger partial charge in [0.05, 0.1) is 0 Å². The minimum Gasteiger partial charge on any atom is -0.478 e. The van der Waals surface area contributed by atoms with Crippen molar-refractivity contribution in [2.24, 2.45) is 5.92 Å².